The van der Waals surface area contributed by atoms with E-state index in [0.717, 1.165) is 31.9 Å². The zero-order chi connectivity index (χ0) is 17.4. The van der Waals surface area contributed by atoms with Crippen LogP contribution < -0.4 is 0 Å². The molecule has 128 valence electrons. The molecule has 25 heavy (non-hydrogen) atoms. The third-order valence-electron chi connectivity index (χ3n) is 5.08. The van der Waals surface area contributed by atoms with E-state index in [0.29, 0.717) is 0 Å². The zero-order valence-corrected chi connectivity index (χ0v) is 15.2. The molecule has 4 nitrogen and oxygen atoms in total. The summed E-state index contributed by atoms with van der Waals surface area (Å²) in [6.07, 6.45) is 3.01. The van der Waals surface area contributed by atoms with Crippen LogP contribution in [0.15, 0.2) is 42.6 Å². The van der Waals surface area contributed by atoms with Crippen LogP contribution in [0.2, 0.25) is 0 Å². The Morgan fingerprint density at radius 2 is 1.88 bits per heavy atom. The number of nitrogens with zero attached hydrogens (tertiary/aromatic N) is 4. The van der Waals surface area contributed by atoms with Crippen LogP contribution in [0, 0.1) is 20.8 Å². The summed E-state index contributed by atoms with van der Waals surface area (Å²) in [5.74, 6) is 0.874. The standard InChI is InChI=1S/C21H24N4/c1-15-11-18(16(2)25(15)20-7-5-4-6-8-20)13-24-10-9-21-19(14-24)12-22-17(3)23-21/h4-8,11-12H,9-10,13-14H2,1-3H3. The van der Waals surface area contributed by atoms with Gasteiger partial charge in [-0.1, -0.05) is 18.2 Å². The van der Waals surface area contributed by atoms with E-state index in [1.807, 2.05) is 13.1 Å². The molecule has 4 heteroatoms. The predicted octanol–water partition coefficient (Wildman–Crippen LogP) is 3.75. The van der Waals surface area contributed by atoms with E-state index in [1.165, 1.54) is 33.9 Å². The molecular weight excluding hydrogens is 308 g/mol. The maximum absolute atomic E-state index is 4.59. The Hall–Kier alpha value is -2.46. The third kappa shape index (κ3) is 3.10. The van der Waals surface area contributed by atoms with Gasteiger partial charge >= 0.3 is 0 Å². The first kappa shape index (κ1) is 16.0. The lowest BCUT2D eigenvalue weighted by Gasteiger charge is -2.28. The molecule has 1 aliphatic heterocycles. The molecule has 0 saturated heterocycles. The minimum absolute atomic E-state index is 0.874. The quantitative estimate of drug-likeness (QED) is 0.732. The fourth-order valence-electron chi connectivity index (χ4n) is 3.81. The van der Waals surface area contributed by atoms with Gasteiger partial charge in [-0.2, -0.15) is 0 Å². The SMILES string of the molecule is Cc1ncc2c(n1)CCN(Cc1cc(C)n(-c3ccccc3)c1C)C2. The molecule has 0 radical (unpaired) electrons. The van der Waals surface area contributed by atoms with Crippen LogP contribution >= 0.6 is 0 Å². The molecule has 0 spiro atoms. The van der Waals surface area contributed by atoms with Crippen molar-refractivity contribution >= 4 is 0 Å². The van der Waals surface area contributed by atoms with E-state index in [-0.39, 0.29) is 0 Å². The molecule has 0 atom stereocenters. The lowest BCUT2D eigenvalue weighted by Crippen LogP contribution is -2.31. The van der Waals surface area contributed by atoms with Crippen molar-refractivity contribution in [1.82, 2.24) is 19.4 Å². The second-order valence-electron chi connectivity index (χ2n) is 6.92. The van der Waals surface area contributed by atoms with Crippen molar-refractivity contribution in [2.24, 2.45) is 0 Å². The molecule has 0 fully saturated rings. The van der Waals surface area contributed by atoms with Crippen molar-refractivity contribution in [3.05, 3.63) is 76.6 Å². The highest BCUT2D eigenvalue weighted by Gasteiger charge is 2.20. The number of fused-ring (bicyclic) bond motifs is 1. The summed E-state index contributed by atoms with van der Waals surface area (Å²) in [7, 11) is 0. The van der Waals surface area contributed by atoms with Gasteiger partial charge in [-0.25, -0.2) is 9.97 Å². The largest absolute Gasteiger partial charge is 0.318 e. The number of hydrogen-bond donors (Lipinski definition) is 0. The van der Waals surface area contributed by atoms with E-state index >= 15 is 0 Å². The van der Waals surface area contributed by atoms with Crippen LogP contribution in [0.5, 0.6) is 0 Å². The van der Waals surface area contributed by atoms with E-state index in [2.05, 4.69) is 69.7 Å². The van der Waals surface area contributed by atoms with Gasteiger partial charge < -0.3 is 4.57 Å². The van der Waals surface area contributed by atoms with Crippen LogP contribution in [0.1, 0.15) is 34.0 Å². The van der Waals surface area contributed by atoms with Crippen molar-refractivity contribution in [2.45, 2.75) is 40.3 Å². The minimum Gasteiger partial charge on any atom is -0.318 e. The Labute approximate surface area is 149 Å². The zero-order valence-electron chi connectivity index (χ0n) is 15.2. The number of aryl methyl sites for hydroxylation is 2. The van der Waals surface area contributed by atoms with Crippen molar-refractivity contribution in [2.75, 3.05) is 6.54 Å². The Morgan fingerprint density at radius 1 is 1.08 bits per heavy atom. The number of para-hydroxylation sites is 1. The molecule has 3 aromatic rings. The maximum atomic E-state index is 4.59. The molecule has 0 N–H and O–H groups in total. The molecule has 1 aromatic carbocycles. The van der Waals surface area contributed by atoms with Gasteiger partial charge in [0.1, 0.15) is 5.82 Å². The fraction of sp³-hybridized carbons (Fsp3) is 0.333. The molecular formula is C21H24N4. The highest BCUT2D eigenvalue weighted by atomic mass is 15.1. The second kappa shape index (κ2) is 6.45. The van der Waals surface area contributed by atoms with Crippen molar-refractivity contribution in [1.29, 1.82) is 0 Å². The second-order valence-corrected chi connectivity index (χ2v) is 6.92. The van der Waals surface area contributed by atoms with Crippen LogP contribution in [-0.2, 0) is 19.5 Å². The molecule has 3 heterocycles. The fourth-order valence-corrected chi connectivity index (χ4v) is 3.81. The predicted molar refractivity (Wildman–Crippen MR) is 99.8 cm³/mol. The molecule has 0 unspecified atom stereocenters. The Morgan fingerprint density at radius 3 is 2.68 bits per heavy atom. The lowest BCUT2D eigenvalue weighted by molar-refractivity contribution is 0.242. The van der Waals surface area contributed by atoms with E-state index in [1.54, 1.807) is 0 Å². The summed E-state index contributed by atoms with van der Waals surface area (Å²) in [6.45, 7) is 9.33. The summed E-state index contributed by atoms with van der Waals surface area (Å²) >= 11 is 0. The van der Waals surface area contributed by atoms with Crippen LogP contribution in [0.3, 0.4) is 0 Å². The van der Waals surface area contributed by atoms with Crippen molar-refractivity contribution in [3.8, 4) is 5.69 Å². The summed E-state index contributed by atoms with van der Waals surface area (Å²) in [6, 6.07) is 12.9. The third-order valence-corrected chi connectivity index (χ3v) is 5.08. The summed E-state index contributed by atoms with van der Waals surface area (Å²) in [5.41, 5.74) is 7.74. The van der Waals surface area contributed by atoms with E-state index < -0.39 is 0 Å². The Balaban J connectivity index is 1.57. The van der Waals surface area contributed by atoms with Gasteiger partial charge in [0.15, 0.2) is 0 Å². The molecule has 2 aromatic heterocycles. The summed E-state index contributed by atoms with van der Waals surface area (Å²) in [5, 5.41) is 0. The van der Waals surface area contributed by atoms with E-state index in [4.69, 9.17) is 0 Å². The highest BCUT2D eigenvalue weighted by molar-refractivity contribution is 5.41. The number of hydrogen-bond acceptors (Lipinski definition) is 3. The van der Waals surface area contributed by atoms with Gasteiger partial charge in [0.2, 0.25) is 0 Å². The minimum atomic E-state index is 0.874. The first-order chi connectivity index (χ1) is 12.1. The average molecular weight is 332 g/mol. The smallest absolute Gasteiger partial charge is 0.125 e. The molecule has 0 amide bonds. The lowest BCUT2D eigenvalue weighted by atomic mass is 10.1. The summed E-state index contributed by atoms with van der Waals surface area (Å²) < 4.78 is 2.35. The summed E-state index contributed by atoms with van der Waals surface area (Å²) in [4.78, 5) is 11.5. The van der Waals surface area contributed by atoms with Gasteiger partial charge in [0.05, 0.1) is 0 Å². The maximum Gasteiger partial charge on any atom is 0.125 e. The van der Waals surface area contributed by atoms with Gasteiger partial charge in [-0.3, -0.25) is 4.90 Å². The van der Waals surface area contributed by atoms with Gasteiger partial charge in [0.25, 0.3) is 0 Å². The first-order valence-electron chi connectivity index (χ1n) is 8.89. The average Bonchev–Trinajstić information content (AvgIpc) is 2.89. The molecule has 0 bridgehead atoms. The van der Waals surface area contributed by atoms with Crippen molar-refractivity contribution < 1.29 is 0 Å². The number of aromatic nitrogens is 3. The van der Waals surface area contributed by atoms with Crippen LogP contribution in [0.25, 0.3) is 5.69 Å². The normalized spacial score (nSPS) is 14.5. The van der Waals surface area contributed by atoms with Gasteiger partial charge in [-0.05, 0) is 44.5 Å². The first-order valence-corrected chi connectivity index (χ1v) is 8.89. The molecule has 4 rings (SSSR count). The monoisotopic (exact) mass is 332 g/mol. The van der Waals surface area contributed by atoms with Crippen LogP contribution in [-0.4, -0.2) is 26.0 Å². The number of benzene rings is 1. The van der Waals surface area contributed by atoms with Gasteiger partial charge in [-0.15, -0.1) is 0 Å². The molecule has 0 aliphatic carbocycles. The van der Waals surface area contributed by atoms with E-state index in [9.17, 15) is 0 Å². The Bertz CT molecular complexity index is 896. The van der Waals surface area contributed by atoms with Crippen LogP contribution in [0.4, 0.5) is 0 Å². The highest BCUT2D eigenvalue weighted by Crippen LogP contribution is 2.24. The Kier molecular flexibility index (Phi) is 4.14. The molecule has 0 saturated carbocycles. The molecule has 1 aliphatic rings. The topological polar surface area (TPSA) is 34.0 Å². The van der Waals surface area contributed by atoms with Gasteiger partial charge in [0, 0.05) is 60.6 Å². The number of rotatable bonds is 3. The van der Waals surface area contributed by atoms with Crippen molar-refractivity contribution in [3.63, 3.8) is 0 Å².